The third kappa shape index (κ3) is 10.1. The molecule has 0 radical (unpaired) electrons. The van der Waals surface area contributed by atoms with Gasteiger partial charge in [0.1, 0.15) is 12.1 Å². The SMILES string of the molecule is CC(=O)N[C@H](CCP(=O)(O)CC(CCC[C@@H](N)C(=O)O)C(=O)O)C(=O)O. The first-order valence-electron chi connectivity index (χ1n) is 7.87. The number of carboxylic acids is 3. The maximum atomic E-state index is 12.2. The topological polar surface area (TPSA) is 204 Å². The Labute approximate surface area is 150 Å². The van der Waals surface area contributed by atoms with Crippen LogP contribution in [-0.2, 0) is 23.7 Å². The molecule has 0 bridgehead atoms. The van der Waals surface area contributed by atoms with Crippen LogP contribution in [0.25, 0.3) is 0 Å². The smallest absolute Gasteiger partial charge is 0.326 e. The van der Waals surface area contributed by atoms with Gasteiger partial charge in [-0.2, -0.15) is 0 Å². The number of nitrogens with two attached hydrogens (primary N) is 1. The maximum Gasteiger partial charge on any atom is 0.326 e. The highest BCUT2D eigenvalue weighted by atomic mass is 31.2. The number of carbonyl (C=O) groups is 4. The van der Waals surface area contributed by atoms with Crippen molar-refractivity contribution in [2.75, 3.05) is 12.3 Å². The van der Waals surface area contributed by atoms with E-state index >= 15 is 0 Å². The quantitative estimate of drug-likeness (QED) is 0.220. The second-order valence-electron chi connectivity index (χ2n) is 6.04. The van der Waals surface area contributed by atoms with E-state index in [2.05, 4.69) is 5.32 Å². The van der Waals surface area contributed by atoms with E-state index in [1.54, 1.807) is 0 Å². The predicted octanol–water partition coefficient (Wildman–Crippen LogP) is -0.481. The summed E-state index contributed by atoms with van der Waals surface area (Å²) in [6.45, 7) is 1.11. The average molecular weight is 396 g/mol. The lowest BCUT2D eigenvalue weighted by Crippen LogP contribution is -2.40. The monoisotopic (exact) mass is 396 g/mol. The zero-order valence-electron chi connectivity index (χ0n) is 14.3. The molecule has 150 valence electrons. The number of carbonyl (C=O) groups excluding carboxylic acids is 1. The van der Waals surface area contributed by atoms with E-state index in [0.717, 1.165) is 6.92 Å². The van der Waals surface area contributed by atoms with Crippen LogP contribution in [0.4, 0.5) is 0 Å². The van der Waals surface area contributed by atoms with Crippen LogP contribution in [-0.4, -0.2) is 68.4 Å². The molecule has 0 aromatic carbocycles. The average Bonchev–Trinajstić information content (AvgIpc) is 2.49. The van der Waals surface area contributed by atoms with Crippen LogP contribution in [0.5, 0.6) is 0 Å². The number of amides is 1. The Bertz CT molecular complexity index is 581. The fourth-order valence-electron chi connectivity index (χ4n) is 2.27. The van der Waals surface area contributed by atoms with E-state index in [1.165, 1.54) is 0 Å². The van der Waals surface area contributed by atoms with Crippen LogP contribution < -0.4 is 11.1 Å². The molecule has 0 aliphatic heterocycles. The van der Waals surface area contributed by atoms with Gasteiger partial charge in [0.25, 0.3) is 0 Å². The van der Waals surface area contributed by atoms with Gasteiger partial charge in [-0.3, -0.25) is 18.9 Å². The zero-order valence-corrected chi connectivity index (χ0v) is 15.2. The van der Waals surface area contributed by atoms with Gasteiger partial charge in [-0.05, 0) is 19.3 Å². The molecule has 26 heavy (non-hydrogen) atoms. The minimum Gasteiger partial charge on any atom is -0.481 e. The van der Waals surface area contributed by atoms with Gasteiger partial charge in [-0.25, -0.2) is 4.79 Å². The summed E-state index contributed by atoms with van der Waals surface area (Å²) in [6.07, 6.45) is -1.22. The van der Waals surface area contributed by atoms with Gasteiger partial charge in [-0.1, -0.05) is 6.42 Å². The summed E-state index contributed by atoms with van der Waals surface area (Å²) in [5.41, 5.74) is 5.31. The molecule has 11 nitrogen and oxygen atoms in total. The zero-order chi connectivity index (χ0) is 20.5. The summed E-state index contributed by atoms with van der Waals surface area (Å²) in [4.78, 5) is 53.8. The first-order chi connectivity index (χ1) is 11.9. The predicted molar refractivity (Wildman–Crippen MR) is 90.0 cm³/mol. The van der Waals surface area contributed by atoms with Gasteiger partial charge in [0.05, 0.1) is 5.92 Å². The van der Waals surface area contributed by atoms with Gasteiger partial charge in [0.15, 0.2) is 0 Å². The maximum absolute atomic E-state index is 12.2. The van der Waals surface area contributed by atoms with Crippen LogP contribution in [0.15, 0.2) is 0 Å². The lowest BCUT2D eigenvalue weighted by molar-refractivity contribution is -0.142. The van der Waals surface area contributed by atoms with Gasteiger partial charge in [-0.15, -0.1) is 0 Å². The van der Waals surface area contributed by atoms with Gasteiger partial charge < -0.3 is 31.3 Å². The van der Waals surface area contributed by atoms with E-state index in [9.17, 15) is 28.6 Å². The molecule has 2 unspecified atom stereocenters. The molecule has 0 aliphatic rings. The molecule has 1 amide bonds. The van der Waals surface area contributed by atoms with Crippen LogP contribution in [0.1, 0.15) is 32.6 Å². The third-order valence-electron chi connectivity index (χ3n) is 3.68. The normalized spacial score (nSPS) is 16.7. The first kappa shape index (κ1) is 24.0. The molecule has 0 spiro atoms. The summed E-state index contributed by atoms with van der Waals surface area (Å²) in [5.74, 6) is -5.68. The largest absolute Gasteiger partial charge is 0.481 e. The van der Waals surface area contributed by atoms with Crippen molar-refractivity contribution in [2.24, 2.45) is 11.7 Å². The van der Waals surface area contributed by atoms with E-state index in [4.69, 9.17) is 21.1 Å². The van der Waals surface area contributed by atoms with Crippen molar-refractivity contribution in [2.45, 2.75) is 44.7 Å². The number of hydrogen-bond donors (Lipinski definition) is 6. The summed E-state index contributed by atoms with van der Waals surface area (Å²) in [7, 11) is -3.97. The van der Waals surface area contributed by atoms with Crippen LogP contribution >= 0.6 is 7.37 Å². The van der Waals surface area contributed by atoms with Crippen molar-refractivity contribution >= 4 is 31.2 Å². The second-order valence-corrected chi connectivity index (χ2v) is 8.55. The van der Waals surface area contributed by atoms with Crippen molar-refractivity contribution < 1.29 is 44.0 Å². The third-order valence-corrected chi connectivity index (χ3v) is 5.65. The number of carboxylic acid groups (broad SMARTS) is 3. The van der Waals surface area contributed by atoms with Gasteiger partial charge in [0.2, 0.25) is 13.3 Å². The summed E-state index contributed by atoms with van der Waals surface area (Å²) in [6, 6.07) is -2.48. The Balaban J connectivity index is 4.70. The molecule has 0 aliphatic carbocycles. The van der Waals surface area contributed by atoms with Crippen molar-refractivity contribution in [1.29, 1.82) is 0 Å². The Morgan fingerprint density at radius 3 is 2.00 bits per heavy atom. The minimum atomic E-state index is -3.97. The highest BCUT2D eigenvalue weighted by molar-refractivity contribution is 7.58. The molecule has 0 saturated carbocycles. The molecule has 0 heterocycles. The number of rotatable bonds is 13. The van der Waals surface area contributed by atoms with Crippen LogP contribution in [0.3, 0.4) is 0 Å². The molecule has 12 heteroatoms. The van der Waals surface area contributed by atoms with Gasteiger partial charge in [0, 0.05) is 19.2 Å². The Morgan fingerprint density at radius 2 is 1.58 bits per heavy atom. The molecule has 0 rings (SSSR count). The van der Waals surface area contributed by atoms with Gasteiger partial charge >= 0.3 is 17.9 Å². The molecule has 4 atom stereocenters. The second kappa shape index (κ2) is 10.9. The van der Waals surface area contributed by atoms with Crippen molar-refractivity contribution in [1.82, 2.24) is 5.32 Å². The van der Waals surface area contributed by atoms with Crippen molar-refractivity contribution in [3.63, 3.8) is 0 Å². The first-order valence-corrected chi connectivity index (χ1v) is 9.90. The molecular weight excluding hydrogens is 371 g/mol. The molecule has 0 saturated heterocycles. The lowest BCUT2D eigenvalue weighted by Gasteiger charge is -2.19. The molecule has 0 aromatic heterocycles. The standard InChI is InChI=1S/C14H25N2O9P/c1-8(17)16-11(14(22)23)5-6-26(24,25)7-9(12(18)19)3-2-4-10(15)13(20)21/h9-11H,2-7,15H2,1H3,(H,16,17)(H,18,19)(H,20,21)(H,22,23)(H,24,25)/t9?,10-,11-/m1/s1. The fourth-order valence-corrected chi connectivity index (χ4v) is 4.14. The Morgan fingerprint density at radius 1 is 1.00 bits per heavy atom. The minimum absolute atomic E-state index is 0.0263. The van der Waals surface area contributed by atoms with Crippen molar-refractivity contribution in [3.05, 3.63) is 0 Å². The number of nitrogens with one attached hydrogen (secondary N) is 1. The van der Waals surface area contributed by atoms with E-state index in [0.29, 0.717) is 0 Å². The molecule has 7 N–H and O–H groups in total. The Hall–Kier alpha value is -1.97. The van der Waals surface area contributed by atoms with Crippen LogP contribution in [0, 0.1) is 5.92 Å². The fraction of sp³-hybridized carbons (Fsp3) is 0.714. The lowest BCUT2D eigenvalue weighted by atomic mass is 10.0. The summed E-state index contributed by atoms with van der Waals surface area (Å²) in [5, 5.41) is 28.9. The molecular formula is C14H25N2O9P. The highest BCUT2D eigenvalue weighted by Gasteiger charge is 2.31. The van der Waals surface area contributed by atoms with E-state index < -0.39 is 61.5 Å². The Kier molecular flexibility index (Phi) is 10.1. The number of hydrogen-bond acceptors (Lipinski definition) is 6. The summed E-state index contributed by atoms with van der Waals surface area (Å²) >= 11 is 0. The van der Waals surface area contributed by atoms with Crippen molar-refractivity contribution in [3.8, 4) is 0 Å². The molecule has 0 fully saturated rings. The highest BCUT2D eigenvalue weighted by Crippen LogP contribution is 2.44. The number of aliphatic carboxylic acids is 3. The van der Waals surface area contributed by atoms with Crippen LogP contribution in [0.2, 0.25) is 0 Å². The van der Waals surface area contributed by atoms with E-state index in [1.807, 2.05) is 0 Å². The molecule has 0 aromatic rings. The summed E-state index contributed by atoms with van der Waals surface area (Å²) < 4.78 is 12.2. The van der Waals surface area contributed by atoms with E-state index in [-0.39, 0.29) is 25.7 Å².